The van der Waals surface area contributed by atoms with E-state index in [1.54, 1.807) is 13.8 Å². The Morgan fingerprint density at radius 3 is 2.84 bits per heavy atom. The molecule has 0 saturated heterocycles. The van der Waals surface area contributed by atoms with Crippen molar-refractivity contribution in [3.05, 3.63) is 23.2 Å². The summed E-state index contributed by atoms with van der Waals surface area (Å²) in [5, 5.41) is 10.7. The van der Waals surface area contributed by atoms with Crippen molar-refractivity contribution in [1.82, 2.24) is 4.98 Å². The van der Waals surface area contributed by atoms with E-state index in [9.17, 15) is 5.11 Å². The van der Waals surface area contributed by atoms with Crippen molar-refractivity contribution >= 4 is 21.6 Å². The molecule has 4 heteroatoms. The molecule has 102 valence electrons. The summed E-state index contributed by atoms with van der Waals surface area (Å²) in [7, 11) is 0. The van der Waals surface area contributed by atoms with Gasteiger partial charge in [-0.2, -0.15) is 0 Å². The number of thiazole rings is 1. The van der Waals surface area contributed by atoms with E-state index in [4.69, 9.17) is 4.74 Å². The van der Waals surface area contributed by atoms with E-state index in [0.717, 1.165) is 33.5 Å². The van der Waals surface area contributed by atoms with E-state index in [0.29, 0.717) is 0 Å². The van der Waals surface area contributed by atoms with Gasteiger partial charge in [-0.25, -0.2) is 4.98 Å². The summed E-state index contributed by atoms with van der Waals surface area (Å²) in [5.74, 6) is 1.65. The Morgan fingerprint density at radius 1 is 1.42 bits per heavy atom. The average molecular weight is 277 g/mol. The lowest BCUT2D eigenvalue weighted by Gasteiger charge is -2.25. The molecule has 0 atom stereocenters. The molecule has 0 unspecified atom stereocenters. The first-order chi connectivity index (χ1) is 9.02. The predicted octanol–water partition coefficient (Wildman–Crippen LogP) is 3.70. The van der Waals surface area contributed by atoms with E-state index in [-0.39, 0.29) is 0 Å². The normalized spacial score (nSPS) is 16.6. The summed E-state index contributed by atoms with van der Waals surface area (Å²) in [5.41, 5.74) is 0.0505. The zero-order valence-corrected chi connectivity index (χ0v) is 12.2. The van der Waals surface area contributed by atoms with Crippen LogP contribution in [0.3, 0.4) is 0 Å². The van der Waals surface area contributed by atoms with Gasteiger partial charge in [-0.3, -0.25) is 0 Å². The fraction of sp³-hybridized carbons (Fsp3) is 0.533. The zero-order chi connectivity index (χ0) is 13.5. The van der Waals surface area contributed by atoms with E-state index in [2.05, 4.69) is 4.98 Å². The van der Waals surface area contributed by atoms with E-state index in [1.807, 2.05) is 18.2 Å². The van der Waals surface area contributed by atoms with Gasteiger partial charge in [0.1, 0.15) is 16.4 Å². The van der Waals surface area contributed by atoms with Crippen LogP contribution in [0.5, 0.6) is 5.75 Å². The molecule has 1 fully saturated rings. The van der Waals surface area contributed by atoms with Gasteiger partial charge in [-0.15, -0.1) is 11.3 Å². The van der Waals surface area contributed by atoms with Crippen molar-refractivity contribution in [2.24, 2.45) is 5.92 Å². The number of nitrogens with zero attached hydrogens (tertiary/aromatic N) is 1. The Kier molecular flexibility index (Phi) is 3.23. The second-order valence-corrected chi connectivity index (χ2v) is 6.85. The maximum absolute atomic E-state index is 9.99. The van der Waals surface area contributed by atoms with Gasteiger partial charge in [0.25, 0.3) is 0 Å². The molecule has 1 aromatic carbocycles. The molecule has 1 heterocycles. The zero-order valence-electron chi connectivity index (χ0n) is 11.3. The topological polar surface area (TPSA) is 42.4 Å². The summed E-state index contributed by atoms with van der Waals surface area (Å²) in [6, 6.07) is 5.97. The summed E-state index contributed by atoms with van der Waals surface area (Å²) >= 11 is 1.53. The van der Waals surface area contributed by atoms with Crippen LogP contribution in [-0.2, 0) is 5.60 Å². The molecule has 1 aliphatic rings. The van der Waals surface area contributed by atoms with Crippen LogP contribution in [-0.4, -0.2) is 16.7 Å². The molecular formula is C15H19NO2S. The summed E-state index contributed by atoms with van der Waals surface area (Å²) in [6.45, 7) is 4.35. The predicted molar refractivity (Wildman–Crippen MR) is 77.7 cm³/mol. The highest BCUT2D eigenvalue weighted by atomic mass is 32.1. The number of fused-ring (bicyclic) bond motifs is 1. The van der Waals surface area contributed by atoms with Gasteiger partial charge in [0.05, 0.1) is 16.8 Å². The third-order valence-corrected chi connectivity index (χ3v) is 4.92. The van der Waals surface area contributed by atoms with Gasteiger partial charge < -0.3 is 9.84 Å². The van der Waals surface area contributed by atoms with E-state index < -0.39 is 5.60 Å². The van der Waals surface area contributed by atoms with Crippen LogP contribution in [0.4, 0.5) is 0 Å². The van der Waals surface area contributed by atoms with Gasteiger partial charge in [0.15, 0.2) is 0 Å². The Bertz CT molecular complexity index is 581. The van der Waals surface area contributed by atoms with Gasteiger partial charge in [-0.1, -0.05) is 6.42 Å². The molecule has 0 amide bonds. The number of benzene rings is 1. The lowest BCUT2D eigenvalue weighted by atomic mass is 9.86. The Balaban J connectivity index is 1.79. The fourth-order valence-electron chi connectivity index (χ4n) is 2.13. The minimum Gasteiger partial charge on any atom is -0.493 e. The number of ether oxygens (including phenoxy) is 1. The largest absolute Gasteiger partial charge is 0.493 e. The van der Waals surface area contributed by atoms with Crippen LogP contribution < -0.4 is 4.74 Å². The fourth-order valence-corrected chi connectivity index (χ4v) is 3.13. The number of hydrogen-bond donors (Lipinski definition) is 1. The summed E-state index contributed by atoms with van der Waals surface area (Å²) < 4.78 is 6.90. The summed E-state index contributed by atoms with van der Waals surface area (Å²) in [6.07, 6.45) is 3.94. The molecule has 1 aromatic heterocycles. The molecule has 3 rings (SSSR count). The van der Waals surface area contributed by atoms with Crippen molar-refractivity contribution in [3.8, 4) is 5.75 Å². The molecule has 0 bridgehead atoms. The molecule has 1 aliphatic carbocycles. The third kappa shape index (κ3) is 2.74. The number of aromatic nitrogens is 1. The molecule has 1 saturated carbocycles. The van der Waals surface area contributed by atoms with Crippen molar-refractivity contribution in [2.45, 2.75) is 38.7 Å². The molecule has 0 aliphatic heterocycles. The molecule has 0 spiro atoms. The van der Waals surface area contributed by atoms with Crippen LogP contribution in [0, 0.1) is 5.92 Å². The average Bonchev–Trinajstić information content (AvgIpc) is 2.69. The highest BCUT2D eigenvalue weighted by Crippen LogP contribution is 2.32. The first-order valence-electron chi connectivity index (χ1n) is 6.78. The van der Waals surface area contributed by atoms with Crippen molar-refractivity contribution in [3.63, 3.8) is 0 Å². The monoisotopic (exact) mass is 277 g/mol. The van der Waals surface area contributed by atoms with Crippen LogP contribution >= 0.6 is 11.3 Å². The van der Waals surface area contributed by atoms with E-state index in [1.165, 1.54) is 30.6 Å². The second-order valence-electron chi connectivity index (χ2n) is 5.82. The first-order valence-corrected chi connectivity index (χ1v) is 7.60. The Hall–Kier alpha value is -1.13. The van der Waals surface area contributed by atoms with Crippen LogP contribution in [0.25, 0.3) is 10.2 Å². The minimum absolute atomic E-state index is 0.740. The number of rotatable bonds is 4. The molecule has 3 nitrogen and oxygen atoms in total. The molecule has 19 heavy (non-hydrogen) atoms. The Morgan fingerprint density at radius 2 is 2.21 bits per heavy atom. The molecule has 2 aromatic rings. The highest BCUT2D eigenvalue weighted by molar-refractivity contribution is 7.18. The number of hydrogen-bond acceptors (Lipinski definition) is 4. The SMILES string of the molecule is CC(C)(O)c1nc2ccc(OCC3CCC3)cc2s1. The third-order valence-electron chi connectivity index (χ3n) is 3.59. The lowest BCUT2D eigenvalue weighted by molar-refractivity contribution is 0.0785. The second kappa shape index (κ2) is 4.76. The van der Waals surface area contributed by atoms with Gasteiger partial charge in [0, 0.05) is 0 Å². The van der Waals surface area contributed by atoms with Gasteiger partial charge in [0.2, 0.25) is 0 Å². The van der Waals surface area contributed by atoms with E-state index >= 15 is 0 Å². The maximum atomic E-state index is 9.99. The van der Waals surface area contributed by atoms with Crippen LogP contribution in [0.15, 0.2) is 18.2 Å². The molecule has 1 N–H and O–H groups in total. The summed E-state index contributed by atoms with van der Waals surface area (Å²) in [4.78, 5) is 4.46. The van der Waals surface area contributed by atoms with Crippen molar-refractivity contribution in [2.75, 3.05) is 6.61 Å². The highest BCUT2D eigenvalue weighted by Gasteiger charge is 2.21. The maximum Gasteiger partial charge on any atom is 0.125 e. The van der Waals surface area contributed by atoms with Crippen molar-refractivity contribution < 1.29 is 9.84 Å². The van der Waals surface area contributed by atoms with Crippen LogP contribution in [0.1, 0.15) is 38.1 Å². The quantitative estimate of drug-likeness (QED) is 0.926. The van der Waals surface area contributed by atoms with Crippen LogP contribution in [0.2, 0.25) is 0 Å². The van der Waals surface area contributed by atoms with Gasteiger partial charge in [-0.05, 0) is 50.8 Å². The van der Waals surface area contributed by atoms with Crippen molar-refractivity contribution in [1.29, 1.82) is 0 Å². The molecular weight excluding hydrogens is 258 g/mol. The Labute approximate surface area is 117 Å². The number of aliphatic hydroxyl groups is 1. The van der Waals surface area contributed by atoms with Gasteiger partial charge >= 0.3 is 0 Å². The minimum atomic E-state index is -0.878. The lowest BCUT2D eigenvalue weighted by Crippen LogP contribution is -2.19. The standard InChI is InChI=1S/C15H19NO2S/c1-15(2,17)14-16-12-7-6-11(8-13(12)19-14)18-9-10-4-3-5-10/h6-8,10,17H,3-5,9H2,1-2H3. The first kappa shape index (κ1) is 12.9. The molecule has 0 radical (unpaired) electrons. The smallest absolute Gasteiger partial charge is 0.125 e.